The smallest absolute Gasteiger partial charge is 0.360 e. The molecular weight excluding hydrogens is 226 g/mol. The lowest BCUT2D eigenvalue weighted by molar-refractivity contribution is -0.132. The summed E-state index contributed by atoms with van der Waals surface area (Å²) in [6.45, 7) is 0. The molecule has 0 spiro atoms. The number of methoxy groups -OCH3 is 1. The lowest BCUT2D eigenvalue weighted by Crippen LogP contribution is -2.17. The average molecular weight is 239 g/mol. The van der Waals surface area contributed by atoms with Crippen LogP contribution in [0.2, 0.25) is 0 Å². The summed E-state index contributed by atoms with van der Waals surface area (Å²) in [5, 5.41) is 3.66. The van der Waals surface area contributed by atoms with Crippen LogP contribution in [0.1, 0.15) is 5.56 Å². The number of nitrogens with zero attached hydrogens (tertiary/aromatic N) is 1. The standard InChI is InChI=1S/C11H13NO3S/c1-14-11(13)10(12-15-2)8-4-6-9(16-3)7-5-8/h4-7H,1-3H3. The number of hydrogen-bond acceptors (Lipinski definition) is 5. The molecule has 0 aliphatic heterocycles. The van der Waals surface area contributed by atoms with Crippen molar-refractivity contribution in [2.24, 2.45) is 5.16 Å². The number of thioether (sulfide) groups is 1. The predicted octanol–water partition coefficient (Wildman–Crippen LogP) is 1.93. The van der Waals surface area contributed by atoms with Gasteiger partial charge >= 0.3 is 5.97 Å². The molecule has 0 fully saturated rings. The highest BCUT2D eigenvalue weighted by molar-refractivity contribution is 7.98. The fourth-order valence-corrected chi connectivity index (χ4v) is 1.55. The molecule has 0 unspecified atom stereocenters. The van der Waals surface area contributed by atoms with Gasteiger partial charge in [0.05, 0.1) is 7.11 Å². The van der Waals surface area contributed by atoms with Crippen molar-refractivity contribution >= 4 is 23.4 Å². The highest BCUT2D eigenvalue weighted by Crippen LogP contribution is 2.15. The van der Waals surface area contributed by atoms with Crippen molar-refractivity contribution in [3.63, 3.8) is 0 Å². The Morgan fingerprint density at radius 2 is 1.88 bits per heavy atom. The van der Waals surface area contributed by atoms with E-state index in [0.717, 1.165) is 4.90 Å². The van der Waals surface area contributed by atoms with Gasteiger partial charge in [-0.05, 0) is 18.4 Å². The number of carbonyl (C=O) groups excluding carboxylic acids is 1. The van der Waals surface area contributed by atoms with Crippen molar-refractivity contribution in [1.82, 2.24) is 0 Å². The van der Waals surface area contributed by atoms with E-state index >= 15 is 0 Å². The molecule has 0 saturated heterocycles. The van der Waals surface area contributed by atoms with Gasteiger partial charge in [0.25, 0.3) is 0 Å². The number of hydrogen-bond donors (Lipinski definition) is 0. The summed E-state index contributed by atoms with van der Waals surface area (Å²) in [6, 6.07) is 7.43. The van der Waals surface area contributed by atoms with Gasteiger partial charge in [-0.3, -0.25) is 0 Å². The van der Waals surface area contributed by atoms with Gasteiger partial charge in [0.15, 0.2) is 5.71 Å². The zero-order valence-corrected chi connectivity index (χ0v) is 10.2. The Balaban J connectivity index is 3.02. The van der Waals surface area contributed by atoms with Crippen molar-refractivity contribution in [1.29, 1.82) is 0 Å². The van der Waals surface area contributed by atoms with E-state index in [1.165, 1.54) is 14.2 Å². The summed E-state index contributed by atoms with van der Waals surface area (Å²) < 4.78 is 4.62. The molecule has 0 saturated carbocycles. The summed E-state index contributed by atoms with van der Waals surface area (Å²) >= 11 is 1.63. The van der Waals surface area contributed by atoms with Gasteiger partial charge in [-0.25, -0.2) is 4.79 Å². The maximum absolute atomic E-state index is 11.4. The fraction of sp³-hybridized carbons (Fsp3) is 0.273. The molecule has 4 nitrogen and oxygen atoms in total. The first kappa shape index (κ1) is 12.6. The lowest BCUT2D eigenvalue weighted by Gasteiger charge is -2.04. The van der Waals surface area contributed by atoms with Crippen LogP contribution in [0.3, 0.4) is 0 Å². The molecule has 5 heteroatoms. The number of esters is 1. The van der Waals surface area contributed by atoms with Crippen molar-refractivity contribution in [2.45, 2.75) is 4.90 Å². The van der Waals surface area contributed by atoms with E-state index in [0.29, 0.717) is 5.56 Å². The zero-order valence-electron chi connectivity index (χ0n) is 9.39. The highest BCUT2D eigenvalue weighted by atomic mass is 32.2. The minimum atomic E-state index is -0.515. The Hall–Kier alpha value is -1.49. The van der Waals surface area contributed by atoms with Crippen LogP contribution in [0.25, 0.3) is 0 Å². The van der Waals surface area contributed by atoms with Crippen molar-refractivity contribution < 1.29 is 14.4 Å². The average Bonchev–Trinajstić information content (AvgIpc) is 2.35. The van der Waals surface area contributed by atoms with Crippen LogP contribution in [0.4, 0.5) is 0 Å². The number of carbonyl (C=O) groups is 1. The highest BCUT2D eigenvalue weighted by Gasteiger charge is 2.15. The molecule has 0 aliphatic rings. The number of rotatable bonds is 4. The van der Waals surface area contributed by atoms with Crippen molar-refractivity contribution in [3.8, 4) is 0 Å². The van der Waals surface area contributed by atoms with Gasteiger partial charge in [-0.2, -0.15) is 0 Å². The first-order chi connectivity index (χ1) is 7.72. The first-order valence-electron chi connectivity index (χ1n) is 4.56. The molecule has 0 aromatic heterocycles. The topological polar surface area (TPSA) is 47.9 Å². The summed E-state index contributed by atoms with van der Waals surface area (Å²) in [5.41, 5.74) is 0.837. The molecule has 16 heavy (non-hydrogen) atoms. The van der Waals surface area contributed by atoms with Gasteiger partial charge in [-0.15, -0.1) is 11.8 Å². The van der Waals surface area contributed by atoms with Gasteiger partial charge in [0.1, 0.15) is 7.11 Å². The summed E-state index contributed by atoms with van der Waals surface area (Å²) in [5.74, 6) is -0.515. The number of benzene rings is 1. The second-order valence-electron chi connectivity index (χ2n) is 2.84. The molecule has 0 amide bonds. The van der Waals surface area contributed by atoms with E-state index in [4.69, 9.17) is 0 Å². The Morgan fingerprint density at radius 3 is 2.31 bits per heavy atom. The van der Waals surface area contributed by atoms with Crippen LogP contribution in [-0.2, 0) is 14.4 Å². The molecule has 0 radical (unpaired) electrons. The SMILES string of the molecule is CON=C(C(=O)OC)c1ccc(SC)cc1. The van der Waals surface area contributed by atoms with Crippen LogP contribution >= 0.6 is 11.8 Å². The van der Waals surface area contributed by atoms with Gasteiger partial charge in [0, 0.05) is 10.5 Å². The summed E-state index contributed by atoms with van der Waals surface area (Å²) in [7, 11) is 2.70. The van der Waals surface area contributed by atoms with Crippen LogP contribution in [0, 0.1) is 0 Å². The number of oxime groups is 1. The van der Waals surface area contributed by atoms with Crippen LogP contribution in [0.15, 0.2) is 34.3 Å². The largest absolute Gasteiger partial charge is 0.464 e. The fourth-order valence-electron chi connectivity index (χ4n) is 1.14. The van der Waals surface area contributed by atoms with E-state index in [9.17, 15) is 4.79 Å². The third-order valence-electron chi connectivity index (χ3n) is 1.92. The molecule has 0 bridgehead atoms. The zero-order chi connectivity index (χ0) is 12.0. The minimum Gasteiger partial charge on any atom is -0.464 e. The molecule has 1 aromatic carbocycles. The van der Waals surface area contributed by atoms with E-state index in [1.54, 1.807) is 23.9 Å². The quantitative estimate of drug-likeness (QED) is 0.348. The first-order valence-corrected chi connectivity index (χ1v) is 5.79. The Bertz CT molecular complexity index is 387. The van der Waals surface area contributed by atoms with E-state index in [2.05, 4.69) is 14.7 Å². The maximum Gasteiger partial charge on any atom is 0.360 e. The van der Waals surface area contributed by atoms with Crippen molar-refractivity contribution in [3.05, 3.63) is 29.8 Å². The molecule has 86 valence electrons. The Kier molecular flexibility index (Phi) is 4.85. The molecule has 0 heterocycles. The molecule has 0 atom stereocenters. The predicted molar refractivity (Wildman–Crippen MR) is 63.8 cm³/mol. The Morgan fingerprint density at radius 1 is 1.25 bits per heavy atom. The molecule has 1 aromatic rings. The molecule has 0 N–H and O–H groups in total. The normalized spacial score (nSPS) is 11.1. The molecule has 1 rings (SSSR count). The van der Waals surface area contributed by atoms with Gasteiger partial charge in [0.2, 0.25) is 0 Å². The third kappa shape index (κ3) is 3.00. The number of ether oxygens (including phenoxy) is 1. The second kappa shape index (κ2) is 6.17. The van der Waals surface area contributed by atoms with E-state index in [1.807, 2.05) is 18.4 Å². The van der Waals surface area contributed by atoms with E-state index in [-0.39, 0.29) is 5.71 Å². The van der Waals surface area contributed by atoms with Crippen LogP contribution in [-0.4, -0.2) is 32.2 Å². The van der Waals surface area contributed by atoms with Crippen molar-refractivity contribution in [2.75, 3.05) is 20.5 Å². The minimum absolute atomic E-state index is 0.164. The molecule has 0 aliphatic carbocycles. The lowest BCUT2D eigenvalue weighted by atomic mass is 10.1. The monoisotopic (exact) mass is 239 g/mol. The molecular formula is C11H13NO3S. The second-order valence-corrected chi connectivity index (χ2v) is 3.72. The summed E-state index contributed by atoms with van der Waals surface area (Å²) in [6.07, 6.45) is 1.99. The Labute approximate surface area is 98.6 Å². The van der Waals surface area contributed by atoms with Crippen LogP contribution in [0.5, 0.6) is 0 Å². The van der Waals surface area contributed by atoms with Gasteiger partial charge in [-0.1, -0.05) is 17.3 Å². The summed E-state index contributed by atoms with van der Waals surface area (Å²) in [4.78, 5) is 17.2. The third-order valence-corrected chi connectivity index (χ3v) is 2.67. The van der Waals surface area contributed by atoms with Gasteiger partial charge < -0.3 is 9.57 Å². The van der Waals surface area contributed by atoms with Crippen LogP contribution < -0.4 is 0 Å². The van der Waals surface area contributed by atoms with E-state index < -0.39 is 5.97 Å². The maximum atomic E-state index is 11.4.